The zero-order valence-electron chi connectivity index (χ0n) is 16.5. The third-order valence-corrected chi connectivity index (χ3v) is 8.56. The first-order valence-corrected chi connectivity index (χ1v) is 11.5. The molecule has 6 heteroatoms. The maximum atomic E-state index is 13.6. The van der Waals surface area contributed by atoms with Crippen LogP contribution in [0.1, 0.15) is 67.5 Å². The van der Waals surface area contributed by atoms with Gasteiger partial charge in [0.25, 0.3) is 5.91 Å². The molecule has 4 bridgehead atoms. The number of piperidine rings is 1. The molecule has 152 valence electrons. The summed E-state index contributed by atoms with van der Waals surface area (Å²) in [5.41, 5.74) is 0.727. The highest BCUT2D eigenvalue weighted by Gasteiger charge is 2.60. The number of carbonyl (C=O) groups excluding carboxylic acids is 2. The van der Waals surface area contributed by atoms with Gasteiger partial charge in [-0.1, -0.05) is 15.9 Å². The Morgan fingerprint density at radius 2 is 1.86 bits per heavy atom. The third kappa shape index (κ3) is 3.12. The fourth-order valence-electron chi connectivity index (χ4n) is 6.82. The van der Waals surface area contributed by atoms with Gasteiger partial charge in [-0.25, -0.2) is 0 Å². The van der Waals surface area contributed by atoms with E-state index in [1.807, 2.05) is 6.92 Å². The molecule has 0 aromatic carbocycles. The van der Waals surface area contributed by atoms with E-state index < -0.39 is 0 Å². The van der Waals surface area contributed by atoms with E-state index in [0.29, 0.717) is 11.7 Å². The number of furan rings is 1. The van der Waals surface area contributed by atoms with E-state index in [9.17, 15) is 9.59 Å². The van der Waals surface area contributed by atoms with Crippen molar-refractivity contribution in [2.45, 2.75) is 68.7 Å². The van der Waals surface area contributed by atoms with Crippen LogP contribution in [-0.2, 0) is 4.79 Å². The lowest BCUT2D eigenvalue weighted by molar-refractivity contribution is -0.156. The van der Waals surface area contributed by atoms with Crippen LogP contribution in [0.2, 0.25) is 0 Å². The van der Waals surface area contributed by atoms with E-state index >= 15 is 0 Å². The summed E-state index contributed by atoms with van der Waals surface area (Å²) < 4.78 is 5.50. The third-order valence-electron chi connectivity index (χ3n) is 7.63. The maximum Gasteiger partial charge on any atom is 0.287 e. The Balaban J connectivity index is 1.21. The molecule has 1 aromatic heterocycles. The maximum absolute atomic E-state index is 13.6. The van der Waals surface area contributed by atoms with E-state index in [1.165, 1.54) is 19.3 Å². The molecule has 5 fully saturated rings. The van der Waals surface area contributed by atoms with Crippen LogP contribution in [0.25, 0.3) is 0 Å². The summed E-state index contributed by atoms with van der Waals surface area (Å²) in [6.07, 6.45) is 10.2. The van der Waals surface area contributed by atoms with Gasteiger partial charge in [0.15, 0.2) is 5.76 Å². The lowest BCUT2D eigenvalue weighted by Gasteiger charge is -2.60. The van der Waals surface area contributed by atoms with E-state index in [2.05, 4.69) is 26.1 Å². The summed E-state index contributed by atoms with van der Waals surface area (Å²) in [7, 11) is 0. The second-order valence-corrected chi connectivity index (χ2v) is 11.5. The van der Waals surface area contributed by atoms with Crippen LogP contribution >= 0.6 is 15.9 Å². The number of aryl methyl sites for hydroxylation is 1. The molecule has 1 aliphatic heterocycles. The highest BCUT2D eigenvalue weighted by Crippen LogP contribution is 2.64. The Morgan fingerprint density at radius 1 is 1.18 bits per heavy atom. The summed E-state index contributed by atoms with van der Waals surface area (Å²) >= 11 is 4.02. The van der Waals surface area contributed by atoms with Crippen LogP contribution in [-0.4, -0.2) is 40.2 Å². The number of hydrogen-bond acceptors (Lipinski definition) is 3. The van der Waals surface area contributed by atoms with Crippen molar-refractivity contribution in [3.8, 4) is 0 Å². The second kappa shape index (κ2) is 6.61. The van der Waals surface area contributed by atoms with Crippen LogP contribution < -0.4 is 5.32 Å². The Hall–Kier alpha value is -1.30. The number of amides is 2. The number of carbonyl (C=O) groups is 2. The zero-order valence-corrected chi connectivity index (χ0v) is 18.1. The van der Waals surface area contributed by atoms with Crippen molar-refractivity contribution in [1.29, 1.82) is 0 Å². The number of likely N-dealkylation sites (tertiary alicyclic amines) is 1. The number of nitrogens with one attached hydrogen (secondary N) is 1. The van der Waals surface area contributed by atoms with Gasteiger partial charge in [-0.2, -0.15) is 0 Å². The average Bonchev–Trinajstić information content (AvgIpc) is 3.06. The molecule has 5 aliphatic rings. The molecule has 1 saturated heterocycles. The molecule has 2 amide bonds. The number of nitrogens with zero attached hydrogens (tertiary/aromatic N) is 1. The van der Waals surface area contributed by atoms with E-state index in [4.69, 9.17) is 4.42 Å². The van der Waals surface area contributed by atoms with Crippen molar-refractivity contribution >= 4 is 27.7 Å². The molecule has 28 heavy (non-hydrogen) atoms. The van der Waals surface area contributed by atoms with Crippen LogP contribution in [0.5, 0.6) is 0 Å². The van der Waals surface area contributed by atoms with Crippen LogP contribution in [0, 0.1) is 24.2 Å². The minimum absolute atomic E-state index is 0.111. The van der Waals surface area contributed by atoms with Gasteiger partial charge in [0, 0.05) is 29.0 Å². The van der Waals surface area contributed by atoms with Gasteiger partial charge in [-0.05, 0) is 76.2 Å². The van der Waals surface area contributed by atoms with Gasteiger partial charge in [0.1, 0.15) is 0 Å². The standard InChI is InChI=1S/C22H29BrN2O3/c1-14-4-7-28-18(14)19(26)24-17-2-5-25(6-3-17)20(27)21-9-15-8-16(10-21)12-22(23,11-15)13-21/h4,7,15-17H,2-3,5-6,8-13H2,1H3,(H,24,26). The van der Waals surface area contributed by atoms with Gasteiger partial charge < -0.3 is 14.6 Å². The highest BCUT2D eigenvalue weighted by molar-refractivity contribution is 9.10. The topological polar surface area (TPSA) is 62.6 Å². The summed E-state index contributed by atoms with van der Waals surface area (Å²) in [5, 5.41) is 3.08. The quantitative estimate of drug-likeness (QED) is 0.709. The van der Waals surface area contributed by atoms with Crippen molar-refractivity contribution in [2.24, 2.45) is 17.3 Å². The summed E-state index contributed by atoms with van der Waals surface area (Å²) in [6, 6.07) is 1.91. The van der Waals surface area contributed by atoms with E-state index in [0.717, 1.165) is 62.6 Å². The van der Waals surface area contributed by atoms with Gasteiger partial charge >= 0.3 is 0 Å². The number of halogens is 1. The Kier molecular flexibility index (Phi) is 4.42. The predicted octanol–water partition coefficient (Wildman–Crippen LogP) is 4.04. The average molecular weight is 449 g/mol. The summed E-state index contributed by atoms with van der Waals surface area (Å²) in [4.78, 5) is 28.0. The lowest BCUT2D eigenvalue weighted by Crippen LogP contribution is -2.60. The SMILES string of the molecule is Cc1ccoc1C(=O)NC1CCN(C(=O)C23CC4CC(CC(Br)(C4)C2)C3)CC1. The van der Waals surface area contributed by atoms with Gasteiger partial charge in [-0.3, -0.25) is 9.59 Å². The van der Waals surface area contributed by atoms with Crippen molar-refractivity contribution in [3.05, 3.63) is 23.7 Å². The molecule has 2 heterocycles. The zero-order chi connectivity index (χ0) is 19.5. The van der Waals surface area contributed by atoms with Crippen molar-refractivity contribution in [3.63, 3.8) is 0 Å². The summed E-state index contributed by atoms with van der Waals surface area (Å²) in [6.45, 7) is 3.36. The molecule has 1 N–H and O–H groups in total. The molecule has 0 spiro atoms. The van der Waals surface area contributed by atoms with Crippen LogP contribution in [0.3, 0.4) is 0 Å². The van der Waals surface area contributed by atoms with Gasteiger partial charge in [0.2, 0.25) is 5.91 Å². The largest absolute Gasteiger partial charge is 0.459 e. The molecule has 4 aliphatic carbocycles. The molecule has 1 aromatic rings. The molecule has 4 saturated carbocycles. The van der Waals surface area contributed by atoms with Gasteiger partial charge in [-0.15, -0.1) is 0 Å². The molecular formula is C22H29BrN2O3. The van der Waals surface area contributed by atoms with E-state index in [1.54, 1.807) is 12.3 Å². The fraction of sp³-hybridized carbons (Fsp3) is 0.727. The first kappa shape index (κ1) is 18.7. The van der Waals surface area contributed by atoms with Crippen molar-refractivity contribution in [2.75, 3.05) is 13.1 Å². The smallest absolute Gasteiger partial charge is 0.287 e. The van der Waals surface area contributed by atoms with E-state index in [-0.39, 0.29) is 21.7 Å². The molecule has 6 rings (SSSR count). The number of hydrogen-bond donors (Lipinski definition) is 1. The minimum Gasteiger partial charge on any atom is -0.459 e. The Bertz CT molecular complexity index is 781. The number of alkyl halides is 1. The monoisotopic (exact) mass is 448 g/mol. The molecule has 2 unspecified atom stereocenters. The minimum atomic E-state index is -0.144. The fourth-order valence-corrected chi connectivity index (χ4v) is 8.27. The van der Waals surface area contributed by atoms with Crippen LogP contribution in [0.4, 0.5) is 0 Å². The van der Waals surface area contributed by atoms with Crippen molar-refractivity contribution in [1.82, 2.24) is 10.2 Å². The first-order valence-electron chi connectivity index (χ1n) is 10.7. The number of rotatable bonds is 3. The molecular weight excluding hydrogens is 420 g/mol. The van der Waals surface area contributed by atoms with Crippen LogP contribution in [0.15, 0.2) is 16.7 Å². The predicted molar refractivity (Wildman–Crippen MR) is 109 cm³/mol. The molecule has 2 atom stereocenters. The van der Waals surface area contributed by atoms with Gasteiger partial charge in [0.05, 0.1) is 11.7 Å². The Labute approximate surface area is 174 Å². The molecule has 0 radical (unpaired) electrons. The highest BCUT2D eigenvalue weighted by atomic mass is 79.9. The Morgan fingerprint density at radius 3 is 2.43 bits per heavy atom. The second-order valence-electron chi connectivity index (χ2n) is 9.86. The lowest BCUT2D eigenvalue weighted by atomic mass is 9.49. The van der Waals surface area contributed by atoms with Crippen molar-refractivity contribution < 1.29 is 14.0 Å². The first-order chi connectivity index (χ1) is 13.4. The normalized spacial score (nSPS) is 37.3. The summed E-state index contributed by atoms with van der Waals surface area (Å²) in [5.74, 6) is 2.08. The molecule has 5 nitrogen and oxygen atoms in total.